The molecule has 84 valence electrons. The number of carbonyl (C=O) groups is 1. The molecule has 0 heterocycles. The van der Waals surface area contributed by atoms with Crippen molar-refractivity contribution in [3.05, 3.63) is 35.4 Å². The molecule has 0 aliphatic heterocycles. The lowest BCUT2D eigenvalue weighted by molar-refractivity contribution is 0.177. The Kier molecular flexibility index (Phi) is 4.30. The Morgan fingerprint density at radius 2 is 2.31 bits per heavy atom. The van der Waals surface area contributed by atoms with Crippen molar-refractivity contribution in [1.82, 2.24) is 5.32 Å². The van der Waals surface area contributed by atoms with Gasteiger partial charge in [-0.15, -0.1) is 0 Å². The molecule has 0 bridgehead atoms. The molecule has 0 aliphatic rings. The number of amides is 1. The minimum absolute atomic E-state index is 0.275. The van der Waals surface area contributed by atoms with Gasteiger partial charge in [-0.1, -0.05) is 12.1 Å². The number of aliphatic hydroxyl groups excluding tert-OH is 1. The predicted molar refractivity (Wildman–Crippen MR) is 56.9 cm³/mol. The minimum Gasteiger partial charge on any atom is -0.465 e. The standard InChI is InChI=1S/C11H12N2O3/c12-6-9-3-1-2-8(4-9)5-10(7-14)13-11(15)16/h1-4,10,13-14H,5,7H2,(H,15,16)/t10-/m1/s1. The first-order chi connectivity index (χ1) is 7.65. The average molecular weight is 220 g/mol. The SMILES string of the molecule is N#Cc1cccc(C[C@H](CO)NC(=O)O)c1. The molecule has 0 radical (unpaired) electrons. The van der Waals surface area contributed by atoms with Gasteiger partial charge in [0, 0.05) is 0 Å². The van der Waals surface area contributed by atoms with Crippen LogP contribution in [0.1, 0.15) is 11.1 Å². The lowest BCUT2D eigenvalue weighted by atomic mass is 10.0. The van der Waals surface area contributed by atoms with Crippen molar-refractivity contribution < 1.29 is 15.0 Å². The maximum absolute atomic E-state index is 10.4. The number of hydrogen-bond donors (Lipinski definition) is 3. The quantitative estimate of drug-likeness (QED) is 0.697. The zero-order chi connectivity index (χ0) is 12.0. The van der Waals surface area contributed by atoms with E-state index in [1.807, 2.05) is 6.07 Å². The van der Waals surface area contributed by atoms with Gasteiger partial charge in [0.25, 0.3) is 0 Å². The molecule has 5 heteroatoms. The van der Waals surface area contributed by atoms with E-state index in [1.165, 1.54) is 0 Å². The lowest BCUT2D eigenvalue weighted by Crippen LogP contribution is -2.38. The summed E-state index contributed by atoms with van der Waals surface area (Å²) < 4.78 is 0. The van der Waals surface area contributed by atoms with E-state index in [9.17, 15) is 4.79 Å². The second-order valence-electron chi connectivity index (χ2n) is 3.35. The molecular weight excluding hydrogens is 208 g/mol. The van der Waals surface area contributed by atoms with E-state index in [4.69, 9.17) is 15.5 Å². The second-order valence-corrected chi connectivity index (χ2v) is 3.35. The van der Waals surface area contributed by atoms with E-state index < -0.39 is 12.1 Å². The van der Waals surface area contributed by atoms with E-state index in [0.29, 0.717) is 12.0 Å². The van der Waals surface area contributed by atoms with Crippen molar-refractivity contribution in [1.29, 1.82) is 5.26 Å². The lowest BCUT2D eigenvalue weighted by Gasteiger charge is -2.13. The van der Waals surface area contributed by atoms with Gasteiger partial charge in [-0.3, -0.25) is 0 Å². The number of nitrogens with one attached hydrogen (secondary N) is 1. The fraction of sp³-hybridized carbons (Fsp3) is 0.273. The number of carboxylic acid groups (broad SMARTS) is 1. The molecule has 1 aromatic rings. The molecule has 1 atom stereocenters. The second kappa shape index (κ2) is 5.73. The Balaban J connectivity index is 2.70. The number of nitrogens with zero attached hydrogens (tertiary/aromatic N) is 1. The molecule has 16 heavy (non-hydrogen) atoms. The van der Waals surface area contributed by atoms with Crippen molar-refractivity contribution in [2.24, 2.45) is 0 Å². The van der Waals surface area contributed by atoms with E-state index in [2.05, 4.69) is 5.32 Å². The first-order valence-electron chi connectivity index (χ1n) is 4.75. The van der Waals surface area contributed by atoms with Gasteiger partial charge in [0.05, 0.1) is 24.3 Å². The monoisotopic (exact) mass is 220 g/mol. The predicted octanol–water partition coefficient (Wildman–Crippen LogP) is 0.729. The topological polar surface area (TPSA) is 93.4 Å². The first-order valence-corrected chi connectivity index (χ1v) is 4.75. The van der Waals surface area contributed by atoms with Crippen molar-refractivity contribution in [2.45, 2.75) is 12.5 Å². The Morgan fingerprint density at radius 3 is 2.88 bits per heavy atom. The number of nitriles is 1. The summed E-state index contributed by atoms with van der Waals surface area (Å²) in [7, 11) is 0. The van der Waals surface area contributed by atoms with Crippen LogP contribution in [0.5, 0.6) is 0 Å². The summed E-state index contributed by atoms with van der Waals surface area (Å²) in [4.78, 5) is 10.4. The molecule has 5 nitrogen and oxygen atoms in total. The Hall–Kier alpha value is -2.06. The summed E-state index contributed by atoms with van der Waals surface area (Å²) in [6.07, 6.45) is -0.811. The van der Waals surface area contributed by atoms with Crippen LogP contribution in [-0.4, -0.2) is 29.0 Å². The summed E-state index contributed by atoms with van der Waals surface area (Å²) in [5, 5.41) is 28.4. The van der Waals surface area contributed by atoms with Crippen LogP contribution in [0.25, 0.3) is 0 Å². The van der Waals surface area contributed by atoms with Crippen molar-refractivity contribution in [3.8, 4) is 6.07 Å². The van der Waals surface area contributed by atoms with Gasteiger partial charge in [0.2, 0.25) is 0 Å². The van der Waals surface area contributed by atoms with Crippen molar-refractivity contribution in [2.75, 3.05) is 6.61 Å². The first kappa shape index (κ1) is 12.0. The van der Waals surface area contributed by atoms with E-state index in [0.717, 1.165) is 5.56 Å². The Labute approximate surface area is 92.9 Å². The highest BCUT2D eigenvalue weighted by molar-refractivity contribution is 5.64. The summed E-state index contributed by atoms with van der Waals surface area (Å²) in [5.74, 6) is 0. The third kappa shape index (κ3) is 3.59. The number of benzene rings is 1. The molecule has 0 aliphatic carbocycles. The molecule has 0 fully saturated rings. The Morgan fingerprint density at radius 1 is 1.56 bits per heavy atom. The summed E-state index contributed by atoms with van der Waals surface area (Å²) in [5.41, 5.74) is 1.33. The molecule has 1 rings (SSSR count). The van der Waals surface area contributed by atoms with Gasteiger partial charge < -0.3 is 15.5 Å². The van der Waals surface area contributed by atoms with Gasteiger partial charge >= 0.3 is 6.09 Å². The molecule has 0 spiro atoms. The molecule has 0 aromatic heterocycles. The highest BCUT2D eigenvalue weighted by Gasteiger charge is 2.10. The van der Waals surface area contributed by atoms with Gasteiger partial charge in [-0.25, -0.2) is 4.79 Å². The largest absolute Gasteiger partial charge is 0.465 e. The smallest absolute Gasteiger partial charge is 0.404 e. The van der Waals surface area contributed by atoms with Crippen LogP contribution in [-0.2, 0) is 6.42 Å². The summed E-state index contributed by atoms with van der Waals surface area (Å²) >= 11 is 0. The molecule has 0 saturated carbocycles. The molecule has 3 N–H and O–H groups in total. The molecule has 0 unspecified atom stereocenters. The number of rotatable bonds is 4. The Bertz CT molecular complexity index is 412. The van der Waals surface area contributed by atoms with Crippen LogP contribution < -0.4 is 5.32 Å². The van der Waals surface area contributed by atoms with Crippen LogP contribution in [0.3, 0.4) is 0 Å². The zero-order valence-electron chi connectivity index (χ0n) is 8.55. The fourth-order valence-electron chi connectivity index (χ4n) is 1.39. The maximum atomic E-state index is 10.4. The van der Waals surface area contributed by atoms with Crippen molar-refractivity contribution in [3.63, 3.8) is 0 Å². The van der Waals surface area contributed by atoms with Crippen LogP contribution in [0.4, 0.5) is 4.79 Å². The van der Waals surface area contributed by atoms with E-state index in [-0.39, 0.29) is 6.61 Å². The highest BCUT2D eigenvalue weighted by Crippen LogP contribution is 2.07. The van der Waals surface area contributed by atoms with Crippen LogP contribution in [0.2, 0.25) is 0 Å². The van der Waals surface area contributed by atoms with Crippen LogP contribution >= 0.6 is 0 Å². The van der Waals surface area contributed by atoms with E-state index >= 15 is 0 Å². The van der Waals surface area contributed by atoms with E-state index in [1.54, 1.807) is 24.3 Å². The molecular formula is C11H12N2O3. The summed E-state index contributed by atoms with van der Waals surface area (Å²) in [6.45, 7) is -0.275. The number of aliphatic hydroxyl groups is 1. The average Bonchev–Trinajstić information content (AvgIpc) is 2.28. The molecule has 0 saturated heterocycles. The summed E-state index contributed by atoms with van der Waals surface area (Å²) in [6, 6.07) is 8.30. The minimum atomic E-state index is -1.17. The third-order valence-corrected chi connectivity index (χ3v) is 2.09. The molecule has 1 amide bonds. The van der Waals surface area contributed by atoms with Crippen LogP contribution in [0.15, 0.2) is 24.3 Å². The normalized spacial score (nSPS) is 11.5. The number of hydrogen-bond acceptors (Lipinski definition) is 3. The van der Waals surface area contributed by atoms with Crippen LogP contribution in [0, 0.1) is 11.3 Å². The van der Waals surface area contributed by atoms with Gasteiger partial charge in [0.1, 0.15) is 0 Å². The van der Waals surface area contributed by atoms with Crippen molar-refractivity contribution >= 4 is 6.09 Å². The zero-order valence-corrected chi connectivity index (χ0v) is 8.55. The fourth-order valence-corrected chi connectivity index (χ4v) is 1.39. The maximum Gasteiger partial charge on any atom is 0.404 e. The van der Waals surface area contributed by atoms with Gasteiger partial charge in [0.15, 0.2) is 0 Å². The highest BCUT2D eigenvalue weighted by atomic mass is 16.4. The third-order valence-electron chi connectivity index (χ3n) is 2.09. The molecule has 1 aromatic carbocycles. The van der Waals surface area contributed by atoms with Gasteiger partial charge in [-0.05, 0) is 24.1 Å². The van der Waals surface area contributed by atoms with Gasteiger partial charge in [-0.2, -0.15) is 5.26 Å².